The molecule has 0 fully saturated rings. The summed E-state index contributed by atoms with van der Waals surface area (Å²) in [6.45, 7) is 1.71. The van der Waals surface area contributed by atoms with Crippen molar-refractivity contribution in [2.45, 2.75) is 13.3 Å². The molecule has 0 atom stereocenters. The molecule has 2 aromatic rings. The van der Waals surface area contributed by atoms with Crippen LogP contribution in [-0.2, 0) is 6.42 Å². The number of aromatic nitrogens is 1. The number of oxazole rings is 1. The van der Waals surface area contributed by atoms with Crippen LogP contribution in [-0.4, -0.2) is 21.0 Å². The summed E-state index contributed by atoms with van der Waals surface area (Å²) in [5.41, 5.74) is 0.0247. The Hall–Kier alpha value is -2.41. The van der Waals surface area contributed by atoms with Crippen molar-refractivity contribution in [1.29, 1.82) is 0 Å². The van der Waals surface area contributed by atoms with Gasteiger partial charge in [0.25, 0.3) is 5.69 Å². The number of aryl methyl sites for hydroxylation is 1. The molecule has 0 unspecified atom stereocenters. The Balaban J connectivity index is 2.63. The summed E-state index contributed by atoms with van der Waals surface area (Å²) in [7, 11) is 0. The molecular weight excluding hydrogens is 288 g/mol. The highest BCUT2D eigenvalue weighted by Crippen LogP contribution is 2.32. The average Bonchev–Trinajstić information content (AvgIpc) is 2.82. The molecule has 0 spiro atoms. The van der Waals surface area contributed by atoms with E-state index in [9.17, 15) is 14.9 Å². The maximum Gasteiger partial charge on any atom is 0.373 e. The van der Waals surface area contributed by atoms with Gasteiger partial charge in [-0.15, -0.1) is 0 Å². The maximum atomic E-state index is 11.0. The van der Waals surface area contributed by atoms with Crippen molar-refractivity contribution in [1.82, 2.24) is 4.98 Å². The molecule has 1 aromatic heterocycles. The molecule has 0 bridgehead atoms. The lowest BCUT2D eigenvalue weighted by Gasteiger charge is -1.98. The Bertz CT molecular complexity index is 695. The van der Waals surface area contributed by atoms with Gasteiger partial charge in [0.15, 0.2) is 0 Å². The number of hydrogen-bond donors (Lipinski definition) is 1. The highest BCUT2D eigenvalue weighted by atomic mass is 35.5. The van der Waals surface area contributed by atoms with E-state index in [2.05, 4.69) is 4.98 Å². The molecule has 0 saturated carbocycles. The van der Waals surface area contributed by atoms with Crippen LogP contribution in [0.25, 0.3) is 11.5 Å². The average molecular weight is 297 g/mol. The molecule has 1 heterocycles. The highest BCUT2D eigenvalue weighted by molar-refractivity contribution is 6.30. The lowest BCUT2D eigenvalue weighted by atomic mass is 10.2. The molecule has 1 N–H and O–H groups in total. The zero-order chi connectivity index (χ0) is 14.9. The summed E-state index contributed by atoms with van der Waals surface area (Å²) >= 11 is 5.71. The van der Waals surface area contributed by atoms with Crippen molar-refractivity contribution in [3.05, 3.63) is 44.8 Å². The van der Waals surface area contributed by atoms with Gasteiger partial charge < -0.3 is 9.52 Å². The van der Waals surface area contributed by atoms with E-state index in [1.165, 1.54) is 12.1 Å². The van der Waals surface area contributed by atoms with E-state index in [-0.39, 0.29) is 33.6 Å². The number of hydrogen-bond acceptors (Lipinski definition) is 5. The largest absolute Gasteiger partial charge is 0.475 e. The van der Waals surface area contributed by atoms with Crippen molar-refractivity contribution in [2.24, 2.45) is 0 Å². The maximum absolute atomic E-state index is 11.0. The number of halogens is 1. The minimum absolute atomic E-state index is 0.0848. The standard InChI is InChI=1S/C12H9ClN2O5/c1-2-8-10(12(16)17)20-11(14-8)7-4-3-6(13)5-9(7)15(18)19/h3-5H,2H2,1H3,(H,16,17). The van der Waals surface area contributed by atoms with Crippen LogP contribution >= 0.6 is 11.6 Å². The zero-order valence-electron chi connectivity index (χ0n) is 10.3. The predicted octanol–water partition coefficient (Wildman–Crippen LogP) is 3.16. The van der Waals surface area contributed by atoms with Crippen molar-refractivity contribution in [3.8, 4) is 11.5 Å². The van der Waals surface area contributed by atoms with Crippen LogP contribution in [0, 0.1) is 10.1 Å². The first-order valence-corrected chi connectivity index (χ1v) is 5.99. The third-order valence-electron chi connectivity index (χ3n) is 2.61. The molecule has 20 heavy (non-hydrogen) atoms. The zero-order valence-corrected chi connectivity index (χ0v) is 11.0. The predicted molar refractivity (Wildman–Crippen MR) is 69.9 cm³/mol. The summed E-state index contributed by atoms with van der Waals surface area (Å²) in [6.07, 6.45) is 0.340. The van der Waals surface area contributed by atoms with Gasteiger partial charge in [0, 0.05) is 11.1 Å². The number of carboxylic acid groups (broad SMARTS) is 1. The Morgan fingerprint density at radius 3 is 2.75 bits per heavy atom. The number of benzene rings is 1. The summed E-state index contributed by atoms with van der Waals surface area (Å²) in [5.74, 6) is -1.69. The monoisotopic (exact) mass is 296 g/mol. The van der Waals surface area contributed by atoms with Gasteiger partial charge in [-0.05, 0) is 18.6 Å². The van der Waals surface area contributed by atoms with Crippen molar-refractivity contribution < 1.29 is 19.2 Å². The van der Waals surface area contributed by atoms with Gasteiger partial charge in [0.05, 0.1) is 10.6 Å². The number of rotatable bonds is 4. The third kappa shape index (κ3) is 2.48. The third-order valence-corrected chi connectivity index (χ3v) is 2.85. The number of nitro groups is 1. The van der Waals surface area contributed by atoms with Gasteiger partial charge in [-0.1, -0.05) is 18.5 Å². The summed E-state index contributed by atoms with van der Waals surface area (Å²) in [4.78, 5) is 25.4. The molecule has 7 nitrogen and oxygen atoms in total. The summed E-state index contributed by atoms with van der Waals surface area (Å²) < 4.78 is 5.13. The van der Waals surface area contributed by atoms with Gasteiger partial charge in [0.2, 0.25) is 11.7 Å². The van der Waals surface area contributed by atoms with Gasteiger partial charge in [-0.25, -0.2) is 9.78 Å². The topological polar surface area (TPSA) is 106 Å². The van der Waals surface area contributed by atoms with Crippen LogP contribution in [0.1, 0.15) is 23.2 Å². The van der Waals surface area contributed by atoms with E-state index < -0.39 is 10.9 Å². The van der Waals surface area contributed by atoms with Crippen molar-refractivity contribution in [2.75, 3.05) is 0 Å². The molecule has 1 aromatic carbocycles. The molecule has 2 rings (SSSR count). The molecule has 0 aliphatic carbocycles. The second kappa shape index (κ2) is 5.30. The number of carbonyl (C=O) groups is 1. The fourth-order valence-corrected chi connectivity index (χ4v) is 1.88. The Kier molecular flexibility index (Phi) is 3.71. The molecule has 0 aliphatic rings. The Labute approximate surface area is 118 Å². The molecular formula is C12H9ClN2O5. The highest BCUT2D eigenvalue weighted by Gasteiger charge is 2.24. The van der Waals surface area contributed by atoms with Crippen LogP contribution in [0.3, 0.4) is 0 Å². The molecule has 0 aliphatic heterocycles. The molecule has 0 saturated heterocycles. The summed E-state index contributed by atoms with van der Waals surface area (Å²) in [6, 6.07) is 3.98. The van der Waals surface area contributed by atoms with Crippen molar-refractivity contribution in [3.63, 3.8) is 0 Å². The van der Waals surface area contributed by atoms with Gasteiger partial charge in [-0.3, -0.25) is 10.1 Å². The lowest BCUT2D eigenvalue weighted by Crippen LogP contribution is -1.98. The van der Waals surface area contributed by atoms with Crippen LogP contribution in [0.2, 0.25) is 5.02 Å². The first kappa shape index (κ1) is 14.0. The SMILES string of the molecule is CCc1nc(-c2ccc(Cl)cc2[N+](=O)[O-])oc1C(=O)O. The number of carboxylic acids is 1. The minimum Gasteiger partial charge on any atom is -0.475 e. The molecule has 104 valence electrons. The van der Waals surface area contributed by atoms with Gasteiger partial charge in [0.1, 0.15) is 5.56 Å². The van der Waals surface area contributed by atoms with Crippen LogP contribution in [0.15, 0.2) is 22.6 Å². The quantitative estimate of drug-likeness (QED) is 0.686. The van der Waals surface area contributed by atoms with E-state index >= 15 is 0 Å². The van der Waals surface area contributed by atoms with Crippen molar-refractivity contribution >= 4 is 23.3 Å². The second-order valence-corrected chi connectivity index (χ2v) is 4.31. The van der Waals surface area contributed by atoms with Crippen LogP contribution in [0.5, 0.6) is 0 Å². The Morgan fingerprint density at radius 1 is 1.55 bits per heavy atom. The van der Waals surface area contributed by atoms with Crippen LogP contribution in [0.4, 0.5) is 5.69 Å². The van der Waals surface area contributed by atoms with E-state index in [4.69, 9.17) is 21.1 Å². The minimum atomic E-state index is -1.27. The summed E-state index contributed by atoms with van der Waals surface area (Å²) in [5, 5.41) is 20.2. The van der Waals surface area contributed by atoms with Crippen LogP contribution < -0.4 is 0 Å². The molecule has 0 amide bonds. The van der Waals surface area contributed by atoms with Gasteiger partial charge in [-0.2, -0.15) is 0 Å². The Morgan fingerprint density at radius 2 is 2.25 bits per heavy atom. The molecule has 8 heteroatoms. The fraction of sp³-hybridized carbons (Fsp3) is 0.167. The first-order chi connectivity index (χ1) is 9.43. The number of nitro benzene ring substituents is 1. The smallest absolute Gasteiger partial charge is 0.373 e. The second-order valence-electron chi connectivity index (χ2n) is 3.87. The van der Waals surface area contributed by atoms with E-state index in [0.717, 1.165) is 6.07 Å². The first-order valence-electron chi connectivity index (χ1n) is 5.61. The molecule has 0 radical (unpaired) electrons. The van der Waals surface area contributed by atoms with E-state index in [0.29, 0.717) is 6.42 Å². The number of nitrogens with zero attached hydrogens (tertiary/aromatic N) is 2. The van der Waals surface area contributed by atoms with E-state index in [1.54, 1.807) is 6.92 Å². The van der Waals surface area contributed by atoms with Gasteiger partial charge >= 0.3 is 5.97 Å². The number of aromatic carboxylic acids is 1. The normalized spacial score (nSPS) is 10.5. The van der Waals surface area contributed by atoms with E-state index in [1.807, 2.05) is 0 Å². The lowest BCUT2D eigenvalue weighted by molar-refractivity contribution is -0.384. The fourth-order valence-electron chi connectivity index (χ4n) is 1.71.